The van der Waals surface area contributed by atoms with Gasteiger partial charge in [-0.25, -0.2) is 4.79 Å². The number of carbonyl (C=O) groups is 2. The Balaban J connectivity index is 2.89. The summed E-state index contributed by atoms with van der Waals surface area (Å²) in [4.78, 5) is 22.6. The van der Waals surface area contributed by atoms with E-state index in [1.54, 1.807) is 19.1 Å². The summed E-state index contributed by atoms with van der Waals surface area (Å²) in [6.07, 6.45) is 0.320. The fourth-order valence-corrected chi connectivity index (χ4v) is 1.72. The number of anilines is 1. The van der Waals surface area contributed by atoms with Crippen molar-refractivity contribution in [1.29, 1.82) is 0 Å². The molecule has 17 heavy (non-hydrogen) atoms. The molecule has 5 nitrogen and oxygen atoms in total. The number of aliphatic carboxylic acids is 1. The highest BCUT2D eigenvalue weighted by Crippen LogP contribution is 2.19. The lowest BCUT2D eigenvalue weighted by Gasteiger charge is -2.13. The summed E-state index contributed by atoms with van der Waals surface area (Å²) >= 11 is 3.22. The van der Waals surface area contributed by atoms with Crippen LogP contribution in [0, 0.1) is 0 Å². The first-order valence-electron chi connectivity index (χ1n) is 5.04. The van der Waals surface area contributed by atoms with Crippen LogP contribution in [0.3, 0.4) is 0 Å². The number of hydrogen-bond acceptors (Lipinski definition) is 3. The van der Waals surface area contributed by atoms with Gasteiger partial charge in [0.25, 0.3) is 5.91 Å². The lowest BCUT2D eigenvalue weighted by Crippen LogP contribution is -2.40. The molecule has 0 radical (unpaired) electrons. The van der Waals surface area contributed by atoms with Crippen molar-refractivity contribution in [1.82, 2.24) is 5.32 Å². The van der Waals surface area contributed by atoms with Gasteiger partial charge in [0.2, 0.25) is 0 Å². The van der Waals surface area contributed by atoms with Gasteiger partial charge in [0.15, 0.2) is 0 Å². The molecule has 0 fully saturated rings. The van der Waals surface area contributed by atoms with Gasteiger partial charge in [0.05, 0.1) is 5.56 Å². The summed E-state index contributed by atoms with van der Waals surface area (Å²) in [5, 5.41) is 11.3. The van der Waals surface area contributed by atoms with E-state index in [9.17, 15) is 9.59 Å². The Morgan fingerprint density at radius 1 is 1.53 bits per heavy atom. The Kier molecular flexibility index (Phi) is 4.51. The molecule has 0 bridgehead atoms. The van der Waals surface area contributed by atoms with E-state index in [4.69, 9.17) is 10.8 Å². The van der Waals surface area contributed by atoms with Crippen LogP contribution < -0.4 is 11.1 Å². The SMILES string of the molecule is CC[C@H](NC(=O)c1cc(N)ccc1Br)C(=O)O. The number of hydrogen-bond donors (Lipinski definition) is 3. The molecule has 0 aliphatic carbocycles. The van der Waals surface area contributed by atoms with Gasteiger partial charge < -0.3 is 16.2 Å². The minimum Gasteiger partial charge on any atom is -0.480 e. The van der Waals surface area contributed by atoms with Crippen molar-refractivity contribution in [3.8, 4) is 0 Å². The van der Waals surface area contributed by atoms with Gasteiger partial charge in [-0.1, -0.05) is 6.92 Å². The number of amides is 1. The summed E-state index contributed by atoms with van der Waals surface area (Å²) in [5.74, 6) is -1.51. The predicted molar refractivity (Wildman–Crippen MR) is 67.7 cm³/mol. The van der Waals surface area contributed by atoms with Crippen molar-refractivity contribution >= 4 is 33.5 Å². The Bertz CT molecular complexity index is 448. The second kappa shape index (κ2) is 5.67. The van der Waals surface area contributed by atoms with E-state index in [0.717, 1.165) is 0 Å². The van der Waals surface area contributed by atoms with Crippen LogP contribution in [0.25, 0.3) is 0 Å². The van der Waals surface area contributed by atoms with E-state index in [0.29, 0.717) is 22.1 Å². The average molecular weight is 301 g/mol. The van der Waals surface area contributed by atoms with E-state index in [2.05, 4.69) is 21.2 Å². The van der Waals surface area contributed by atoms with Crippen LogP contribution in [0.5, 0.6) is 0 Å². The first-order valence-corrected chi connectivity index (χ1v) is 5.83. The van der Waals surface area contributed by atoms with Crippen LogP contribution in [-0.2, 0) is 4.79 Å². The second-order valence-electron chi connectivity index (χ2n) is 3.51. The molecule has 0 aliphatic rings. The fourth-order valence-electron chi connectivity index (χ4n) is 1.29. The van der Waals surface area contributed by atoms with Gasteiger partial charge in [0.1, 0.15) is 6.04 Å². The van der Waals surface area contributed by atoms with Gasteiger partial charge >= 0.3 is 5.97 Å². The third-order valence-electron chi connectivity index (χ3n) is 2.25. The molecule has 1 rings (SSSR count). The molecule has 92 valence electrons. The molecule has 6 heteroatoms. The zero-order valence-corrected chi connectivity index (χ0v) is 10.8. The van der Waals surface area contributed by atoms with Crippen molar-refractivity contribution in [2.75, 3.05) is 5.73 Å². The lowest BCUT2D eigenvalue weighted by molar-refractivity contribution is -0.139. The number of carboxylic acids is 1. The van der Waals surface area contributed by atoms with Crippen molar-refractivity contribution in [3.05, 3.63) is 28.2 Å². The molecule has 1 amide bonds. The number of carbonyl (C=O) groups excluding carboxylic acids is 1. The second-order valence-corrected chi connectivity index (χ2v) is 4.37. The number of nitrogens with two attached hydrogens (primary N) is 1. The van der Waals surface area contributed by atoms with Gasteiger partial charge in [0, 0.05) is 10.2 Å². The third-order valence-corrected chi connectivity index (χ3v) is 2.94. The van der Waals surface area contributed by atoms with E-state index < -0.39 is 17.9 Å². The summed E-state index contributed by atoms with van der Waals surface area (Å²) in [6.45, 7) is 1.69. The molecule has 0 spiro atoms. The first kappa shape index (κ1) is 13.5. The molecule has 0 heterocycles. The molecule has 0 saturated carbocycles. The quantitative estimate of drug-likeness (QED) is 0.737. The molecule has 0 saturated heterocycles. The van der Waals surface area contributed by atoms with E-state index in [1.165, 1.54) is 6.07 Å². The van der Waals surface area contributed by atoms with Crippen molar-refractivity contribution in [2.24, 2.45) is 0 Å². The molecular weight excluding hydrogens is 288 g/mol. The maximum absolute atomic E-state index is 11.8. The van der Waals surface area contributed by atoms with Gasteiger partial charge in [-0.15, -0.1) is 0 Å². The first-order chi connectivity index (χ1) is 7.95. The van der Waals surface area contributed by atoms with Crippen molar-refractivity contribution < 1.29 is 14.7 Å². The smallest absolute Gasteiger partial charge is 0.326 e. The highest BCUT2D eigenvalue weighted by Gasteiger charge is 2.19. The van der Waals surface area contributed by atoms with Crippen LogP contribution in [0.2, 0.25) is 0 Å². The molecule has 4 N–H and O–H groups in total. The largest absolute Gasteiger partial charge is 0.480 e. The number of nitrogens with one attached hydrogen (secondary N) is 1. The summed E-state index contributed by atoms with van der Waals surface area (Å²) in [7, 11) is 0. The van der Waals surface area contributed by atoms with Crippen LogP contribution >= 0.6 is 15.9 Å². The van der Waals surface area contributed by atoms with Gasteiger partial charge in [-0.3, -0.25) is 4.79 Å². The standard InChI is InChI=1S/C11H13BrN2O3/c1-2-9(11(16)17)14-10(15)7-5-6(13)3-4-8(7)12/h3-5,9H,2,13H2,1H3,(H,14,15)(H,16,17)/t9-/m0/s1. The monoisotopic (exact) mass is 300 g/mol. The number of halogens is 1. The van der Waals surface area contributed by atoms with Crippen LogP contribution in [0.4, 0.5) is 5.69 Å². The molecule has 1 atom stereocenters. The summed E-state index contributed by atoms with van der Waals surface area (Å²) < 4.78 is 0.574. The Hall–Kier alpha value is -1.56. The lowest BCUT2D eigenvalue weighted by atomic mass is 10.1. The topological polar surface area (TPSA) is 92.4 Å². The highest BCUT2D eigenvalue weighted by atomic mass is 79.9. The summed E-state index contributed by atoms with van der Waals surface area (Å²) in [5.41, 5.74) is 6.34. The predicted octanol–water partition coefficient (Wildman–Crippen LogP) is 1.62. The minimum atomic E-state index is -1.05. The normalized spacial score (nSPS) is 11.9. The zero-order valence-electron chi connectivity index (χ0n) is 9.24. The Labute approximate surface area is 107 Å². The maximum atomic E-state index is 11.8. The summed E-state index contributed by atoms with van der Waals surface area (Å²) in [6, 6.07) is 3.89. The van der Waals surface area contributed by atoms with Gasteiger partial charge in [-0.2, -0.15) is 0 Å². The number of nitrogen functional groups attached to an aromatic ring is 1. The number of benzene rings is 1. The molecule has 0 aromatic heterocycles. The van der Waals surface area contributed by atoms with E-state index in [1.807, 2.05) is 0 Å². The number of rotatable bonds is 4. The third kappa shape index (κ3) is 3.45. The van der Waals surface area contributed by atoms with Gasteiger partial charge in [-0.05, 0) is 40.5 Å². The molecular formula is C11H13BrN2O3. The Morgan fingerprint density at radius 2 is 2.18 bits per heavy atom. The van der Waals surface area contributed by atoms with E-state index in [-0.39, 0.29) is 0 Å². The fraction of sp³-hybridized carbons (Fsp3) is 0.273. The maximum Gasteiger partial charge on any atom is 0.326 e. The molecule has 1 aromatic rings. The van der Waals surface area contributed by atoms with Crippen molar-refractivity contribution in [2.45, 2.75) is 19.4 Å². The average Bonchev–Trinajstić information content (AvgIpc) is 2.28. The van der Waals surface area contributed by atoms with Crippen LogP contribution in [0.15, 0.2) is 22.7 Å². The van der Waals surface area contributed by atoms with Crippen LogP contribution in [-0.4, -0.2) is 23.0 Å². The van der Waals surface area contributed by atoms with E-state index >= 15 is 0 Å². The molecule has 1 aromatic carbocycles. The molecule has 0 unspecified atom stereocenters. The Morgan fingerprint density at radius 3 is 2.71 bits per heavy atom. The van der Waals surface area contributed by atoms with Crippen molar-refractivity contribution in [3.63, 3.8) is 0 Å². The molecule has 0 aliphatic heterocycles. The zero-order chi connectivity index (χ0) is 13.0. The highest BCUT2D eigenvalue weighted by molar-refractivity contribution is 9.10. The minimum absolute atomic E-state index is 0.320. The number of carboxylic acid groups (broad SMARTS) is 1. The van der Waals surface area contributed by atoms with Crippen LogP contribution in [0.1, 0.15) is 23.7 Å².